The lowest BCUT2D eigenvalue weighted by molar-refractivity contribution is 0.0693. The van der Waals surface area contributed by atoms with Crippen molar-refractivity contribution in [1.29, 1.82) is 0 Å². The summed E-state index contributed by atoms with van der Waals surface area (Å²) in [5, 5.41) is 19.1. The van der Waals surface area contributed by atoms with E-state index in [9.17, 15) is 14.7 Å². The number of nitrogens with zero attached hydrogens (tertiary/aromatic N) is 1. The van der Waals surface area contributed by atoms with Crippen molar-refractivity contribution in [1.82, 2.24) is 4.90 Å². The highest BCUT2D eigenvalue weighted by Gasteiger charge is 2.39. The van der Waals surface area contributed by atoms with Gasteiger partial charge in [-0.1, -0.05) is 45.9 Å². The largest absolute Gasteiger partial charge is 0.507 e. The van der Waals surface area contributed by atoms with Crippen molar-refractivity contribution < 1.29 is 19.8 Å². The van der Waals surface area contributed by atoms with Crippen LogP contribution in [0.1, 0.15) is 89.9 Å². The summed E-state index contributed by atoms with van der Waals surface area (Å²) in [6, 6.07) is 8.43. The first-order chi connectivity index (χ1) is 16.4. The maximum Gasteiger partial charge on any atom is 0.339 e. The molecule has 2 aliphatic rings. The van der Waals surface area contributed by atoms with Crippen molar-refractivity contribution >= 4 is 23.4 Å². The second-order valence-corrected chi connectivity index (χ2v) is 11.2. The van der Waals surface area contributed by atoms with Crippen molar-refractivity contribution in [2.24, 2.45) is 0 Å². The van der Waals surface area contributed by atoms with Gasteiger partial charge in [0.05, 0.1) is 0 Å². The van der Waals surface area contributed by atoms with Crippen LogP contribution in [0.4, 0.5) is 0 Å². The van der Waals surface area contributed by atoms with Crippen molar-refractivity contribution in [3.63, 3.8) is 0 Å². The van der Waals surface area contributed by atoms with Crippen LogP contribution in [0.15, 0.2) is 42.5 Å². The van der Waals surface area contributed by atoms with Gasteiger partial charge in [0.1, 0.15) is 11.3 Å². The molecule has 35 heavy (non-hydrogen) atoms. The van der Waals surface area contributed by atoms with Gasteiger partial charge < -0.3 is 15.1 Å². The van der Waals surface area contributed by atoms with Gasteiger partial charge in [0.2, 0.25) is 0 Å². The minimum Gasteiger partial charge on any atom is -0.507 e. The molecule has 0 bridgehead atoms. The summed E-state index contributed by atoms with van der Waals surface area (Å²) >= 11 is 0. The quantitative estimate of drug-likeness (QED) is 0.408. The molecule has 0 aromatic heterocycles. The number of carbonyl (C=O) groups excluding carboxylic acids is 1. The van der Waals surface area contributed by atoms with E-state index in [-0.39, 0.29) is 27.9 Å². The number of hydrogen-bond donors (Lipinski definition) is 2. The van der Waals surface area contributed by atoms with E-state index in [1.54, 1.807) is 12.1 Å². The first-order valence-corrected chi connectivity index (χ1v) is 12.2. The molecule has 5 heteroatoms. The summed E-state index contributed by atoms with van der Waals surface area (Å²) in [6.45, 7) is 11.1. The smallest absolute Gasteiger partial charge is 0.339 e. The van der Waals surface area contributed by atoms with Crippen molar-refractivity contribution in [3.05, 3.63) is 75.9 Å². The molecule has 2 N–H and O–H groups in total. The SMILES string of the molecule is CN1CC=C(c2cc(C(=O)/C=C/c3ccc(C(=O)O)c(O)c3)cc3c2C(C)(C)CCC3(C)C)CC1. The average molecular weight is 474 g/mol. The Hall–Kier alpha value is -3.18. The monoisotopic (exact) mass is 473 g/mol. The molecule has 2 aromatic carbocycles. The summed E-state index contributed by atoms with van der Waals surface area (Å²) in [5.74, 6) is -1.62. The third kappa shape index (κ3) is 4.96. The molecule has 0 unspecified atom stereocenters. The standard InChI is InChI=1S/C30H35NO4/c1-29(2)12-13-30(3,4)27-23(20-10-14-31(5)15-11-20)17-21(18-24(27)29)25(32)9-7-19-6-8-22(28(34)35)26(33)16-19/h6-10,16-18,33H,11-15H2,1-5H3,(H,34,35)/b9-7+. The van der Waals surface area contributed by atoms with Crippen molar-refractivity contribution in [2.45, 2.75) is 57.8 Å². The van der Waals surface area contributed by atoms with Gasteiger partial charge in [-0.05, 0) is 95.3 Å². The number of rotatable bonds is 5. The van der Waals surface area contributed by atoms with Crippen molar-refractivity contribution in [2.75, 3.05) is 20.1 Å². The number of fused-ring (bicyclic) bond motifs is 1. The van der Waals surface area contributed by atoms with Crippen molar-refractivity contribution in [3.8, 4) is 5.75 Å². The van der Waals surface area contributed by atoms with Gasteiger partial charge in [0, 0.05) is 18.7 Å². The lowest BCUT2D eigenvalue weighted by Crippen LogP contribution is -2.35. The highest BCUT2D eigenvalue weighted by atomic mass is 16.4. The molecule has 2 aromatic rings. The Morgan fingerprint density at radius 2 is 1.74 bits per heavy atom. The van der Waals surface area contributed by atoms with Gasteiger partial charge in [-0.25, -0.2) is 4.79 Å². The zero-order chi connectivity index (χ0) is 25.5. The third-order valence-electron chi connectivity index (χ3n) is 7.64. The molecule has 0 amide bonds. The van der Waals surface area contributed by atoms with Crippen LogP contribution in [0.5, 0.6) is 5.75 Å². The fraction of sp³-hybridized carbons (Fsp3) is 0.400. The minimum absolute atomic E-state index is 0.0237. The molecule has 0 saturated carbocycles. The molecule has 1 aliphatic carbocycles. The fourth-order valence-corrected chi connectivity index (χ4v) is 5.30. The normalized spacial score (nSPS) is 19.3. The lowest BCUT2D eigenvalue weighted by Gasteiger charge is -2.44. The van der Waals surface area contributed by atoms with Crippen LogP contribution in [-0.2, 0) is 10.8 Å². The Balaban J connectivity index is 1.78. The van der Waals surface area contributed by atoms with E-state index in [1.807, 2.05) is 0 Å². The van der Waals surface area contributed by atoms with E-state index in [0.29, 0.717) is 11.1 Å². The zero-order valence-electron chi connectivity index (χ0n) is 21.3. The molecular weight excluding hydrogens is 438 g/mol. The molecule has 1 aliphatic heterocycles. The van der Waals surface area contributed by atoms with Gasteiger partial charge in [0.25, 0.3) is 0 Å². The number of allylic oxidation sites excluding steroid dienone is 1. The summed E-state index contributed by atoms with van der Waals surface area (Å²) in [4.78, 5) is 26.8. The van der Waals surface area contributed by atoms with E-state index < -0.39 is 5.97 Å². The number of ketones is 1. The maximum atomic E-state index is 13.4. The molecule has 0 atom stereocenters. The Morgan fingerprint density at radius 3 is 2.37 bits per heavy atom. The van der Waals surface area contributed by atoms with E-state index in [2.05, 4.69) is 57.9 Å². The van der Waals surface area contributed by atoms with Gasteiger partial charge in [-0.3, -0.25) is 4.79 Å². The number of phenols is 1. The molecule has 0 fully saturated rings. The maximum absolute atomic E-state index is 13.4. The predicted octanol–water partition coefficient (Wildman–Crippen LogP) is 6.05. The third-order valence-corrected chi connectivity index (χ3v) is 7.64. The van der Waals surface area contributed by atoms with Crippen LogP contribution in [-0.4, -0.2) is 47.0 Å². The van der Waals surface area contributed by atoms with E-state index in [1.165, 1.54) is 40.5 Å². The van der Waals surface area contributed by atoms with E-state index in [0.717, 1.165) is 32.4 Å². The number of aromatic carboxylic acids is 1. The lowest BCUT2D eigenvalue weighted by atomic mass is 9.61. The van der Waals surface area contributed by atoms with Crippen LogP contribution in [0, 0.1) is 0 Å². The minimum atomic E-state index is -1.19. The number of likely N-dealkylation sites (N-methyl/N-ethyl adjacent to an activating group) is 1. The molecule has 5 nitrogen and oxygen atoms in total. The molecule has 1 heterocycles. The second-order valence-electron chi connectivity index (χ2n) is 11.2. The van der Waals surface area contributed by atoms with Gasteiger partial charge in [0.15, 0.2) is 5.78 Å². The van der Waals surface area contributed by atoms with E-state index in [4.69, 9.17) is 5.11 Å². The average Bonchev–Trinajstić information content (AvgIpc) is 2.80. The highest BCUT2D eigenvalue weighted by molar-refractivity contribution is 6.07. The summed E-state index contributed by atoms with van der Waals surface area (Å²) < 4.78 is 0. The number of carbonyl (C=O) groups is 2. The van der Waals surface area contributed by atoms with Crippen LogP contribution in [0.3, 0.4) is 0 Å². The Labute approximate surface area is 207 Å². The summed E-state index contributed by atoms with van der Waals surface area (Å²) in [6.07, 6.45) is 8.56. The first kappa shape index (κ1) is 24.9. The van der Waals surface area contributed by atoms with Crippen LogP contribution in [0.2, 0.25) is 0 Å². The number of carboxylic acids is 1. The number of hydrogen-bond acceptors (Lipinski definition) is 4. The Bertz CT molecular complexity index is 1250. The number of carboxylic acid groups (broad SMARTS) is 1. The van der Waals surface area contributed by atoms with Crippen LogP contribution in [0.25, 0.3) is 11.6 Å². The molecule has 0 spiro atoms. The molecule has 184 valence electrons. The first-order valence-electron chi connectivity index (χ1n) is 12.2. The molecule has 4 rings (SSSR count). The van der Waals surface area contributed by atoms with E-state index >= 15 is 0 Å². The number of aromatic hydroxyl groups is 1. The second kappa shape index (κ2) is 9.12. The molecule has 0 saturated heterocycles. The molecule has 0 radical (unpaired) electrons. The van der Waals surface area contributed by atoms with Gasteiger partial charge >= 0.3 is 5.97 Å². The topological polar surface area (TPSA) is 77.8 Å². The fourth-order valence-electron chi connectivity index (χ4n) is 5.30. The Morgan fingerprint density at radius 1 is 1.03 bits per heavy atom. The summed E-state index contributed by atoms with van der Waals surface area (Å²) in [7, 11) is 2.13. The summed E-state index contributed by atoms with van der Waals surface area (Å²) in [5.41, 5.74) is 6.22. The Kier molecular flexibility index (Phi) is 6.50. The molecular formula is C30H35NO4. The van der Waals surface area contributed by atoms with Gasteiger partial charge in [-0.15, -0.1) is 0 Å². The number of benzene rings is 2. The predicted molar refractivity (Wildman–Crippen MR) is 140 cm³/mol. The zero-order valence-corrected chi connectivity index (χ0v) is 21.3. The van der Waals surface area contributed by atoms with Crippen LogP contribution < -0.4 is 0 Å². The van der Waals surface area contributed by atoms with Crippen LogP contribution >= 0.6 is 0 Å². The van der Waals surface area contributed by atoms with Gasteiger partial charge in [-0.2, -0.15) is 0 Å². The highest BCUT2D eigenvalue weighted by Crippen LogP contribution is 2.49.